The zero-order valence-electron chi connectivity index (χ0n) is 14.9. The Kier molecular flexibility index (Phi) is 7.67. The Labute approximate surface area is 153 Å². The van der Waals surface area contributed by atoms with Crippen molar-refractivity contribution in [3.05, 3.63) is 60.2 Å². The fourth-order valence-corrected chi connectivity index (χ4v) is 3.02. The quantitative estimate of drug-likeness (QED) is 0.738. The van der Waals surface area contributed by atoms with Crippen LogP contribution in [0.15, 0.2) is 54.6 Å². The van der Waals surface area contributed by atoms with Gasteiger partial charge in [0.15, 0.2) is 0 Å². The highest BCUT2D eigenvalue weighted by Crippen LogP contribution is 2.18. The third-order valence-corrected chi connectivity index (χ3v) is 4.87. The SMILES string of the molecule is COc1ccc(OC[C@H](C)NC(=O)[C@@H](C)SCc2ccccc2)cc1. The van der Waals surface area contributed by atoms with Gasteiger partial charge in [-0.1, -0.05) is 30.3 Å². The first-order chi connectivity index (χ1) is 12.1. The van der Waals surface area contributed by atoms with Crippen LogP contribution in [-0.2, 0) is 10.5 Å². The van der Waals surface area contributed by atoms with Crippen LogP contribution in [0.25, 0.3) is 0 Å². The molecule has 5 heteroatoms. The number of carbonyl (C=O) groups is 1. The van der Waals surface area contributed by atoms with Gasteiger partial charge in [-0.15, -0.1) is 11.8 Å². The van der Waals surface area contributed by atoms with E-state index in [4.69, 9.17) is 9.47 Å². The van der Waals surface area contributed by atoms with E-state index in [2.05, 4.69) is 17.4 Å². The largest absolute Gasteiger partial charge is 0.497 e. The Morgan fingerprint density at radius 3 is 2.32 bits per heavy atom. The monoisotopic (exact) mass is 359 g/mol. The second-order valence-electron chi connectivity index (χ2n) is 5.84. The molecule has 0 unspecified atom stereocenters. The number of carbonyl (C=O) groups excluding carboxylic acids is 1. The molecule has 0 radical (unpaired) electrons. The fraction of sp³-hybridized carbons (Fsp3) is 0.350. The van der Waals surface area contributed by atoms with E-state index in [1.807, 2.05) is 56.3 Å². The molecule has 4 nitrogen and oxygen atoms in total. The van der Waals surface area contributed by atoms with E-state index in [1.165, 1.54) is 5.56 Å². The number of ether oxygens (including phenoxy) is 2. The number of rotatable bonds is 9. The predicted molar refractivity (Wildman–Crippen MR) is 103 cm³/mol. The molecule has 0 aliphatic heterocycles. The molecule has 2 rings (SSSR count). The summed E-state index contributed by atoms with van der Waals surface area (Å²) >= 11 is 1.63. The average molecular weight is 359 g/mol. The van der Waals surface area contributed by atoms with Crippen LogP contribution in [0.4, 0.5) is 0 Å². The number of benzene rings is 2. The Bertz CT molecular complexity index is 646. The normalized spacial score (nSPS) is 12.9. The molecule has 0 fully saturated rings. The van der Waals surface area contributed by atoms with Crippen molar-refractivity contribution in [2.75, 3.05) is 13.7 Å². The van der Waals surface area contributed by atoms with Gasteiger partial charge in [0.2, 0.25) is 5.91 Å². The molecule has 0 spiro atoms. The molecule has 0 saturated heterocycles. The summed E-state index contributed by atoms with van der Waals surface area (Å²) in [4.78, 5) is 12.3. The average Bonchev–Trinajstić information content (AvgIpc) is 2.65. The first-order valence-corrected chi connectivity index (χ1v) is 9.36. The second-order valence-corrected chi connectivity index (χ2v) is 7.16. The van der Waals surface area contributed by atoms with Crippen LogP contribution >= 0.6 is 11.8 Å². The Morgan fingerprint density at radius 2 is 1.68 bits per heavy atom. The van der Waals surface area contributed by atoms with E-state index >= 15 is 0 Å². The maximum Gasteiger partial charge on any atom is 0.233 e. The van der Waals surface area contributed by atoms with Crippen molar-refractivity contribution in [1.82, 2.24) is 5.32 Å². The summed E-state index contributed by atoms with van der Waals surface area (Å²) in [5.74, 6) is 2.41. The van der Waals surface area contributed by atoms with Crippen molar-refractivity contribution in [2.45, 2.75) is 30.9 Å². The molecule has 0 saturated carbocycles. The molecule has 0 aromatic heterocycles. The van der Waals surface area contributed by atoms with E-state index in [0.717, 1.165) is 17.3 Å². The molecule has 0 heterocycles. The number of amides is 1. The van der Waals surface area contributed by atoms with Crippen LogP contribution < -0.4 is 14.8 Å². The zero-order chi connectivity index (χ0) is 18.1. The summed E-state index contributed by atoms with van der Waals surface area (Å²) in [6.45, 7) is 4.30. The van der Waals surface area contributed by atoms with Crippen LogP contribution in [0.3, 0.4) is 0 Å². The summed E-state index contributed by atoms with van der Waals surface area (Å²) in [6.07, 6.45) is 0. The maximum absolute atomic E-state index is 12.3. The van der Waals surface area contributed by atoms with Crippen molar-refractivity contribution in [2.24, 2.45) is 0 Å². The number of methoxy groups -OCH3 is 1. The van der Waals surface area contributed by atoms with E-state index in [1.54, 1.807) is 18.9 Å². The van der Waals surface area contributed by atoms with Gasteiger partial charge < -0.3 is 14.8 Å². The summed E-state index contributed by atoms with van der Waals surface area (Å²) < 4.78 is 10.8. The summed E-state index contributed by atoms with van der Waals surface area (Å²) in [5.41, 5.74) is 1.23. The molecule has 2 aromatic carbocycles. The van der Waals surface area contributed by atoms with Crippen molar-refractivity contribution in [1.29, 1.82) is 0 Å². The molecular formula is C20H25NO3S. The first-order valence-electron chi connectivity index (χ1n) is 8.31. The molecule has 1 N–H and O–H groups in total. The van der Waals surface area contributed by atoms with Gasteiger partial charge in [0, 0.05) is 5.75 Å². The number of thioether (sulfide) groups is 1. The van der Waals surface area contributed by atoms with Crippen molar-refractivity contribution in [3.8, 4) is 11.5 Å². The third kappa shape index (κ3) is 6.70. The predicted octanol–water partition coefficient (Wildman–Crippen LogP) is 3.90. The number of nitrogens with one attached hydrogen (secondary N) is 1. The minimum Gasteiger partial charge on any atom is -0.497 e. The van der Waals surface area contributed by atoms with E-state index in [9.17, 15) is 4.79 Å². The standard InChI is InChI=1S/C20H25NO3S/c1-15(13-24-19-11-9-18(23-3)10-12-19)21-20(22)16(2)25-14-17-7-5-4-6-8-17/h4-12,15-16H,13-14H2,1-3H3,(H,21,22)/t15-,16+/m0/s1. The molecule has 0 aliphatic rings. The van der Waals surface area contributed by atoms with E-state index in [0.29, 0.717) is 6.61 Å². The summed E-state index contributed by atoms with van der Waals surface area (Å²) in [7, 11) is 1.63. The molecule has 1 amide bonds. The number of hydrogen-bond donors (Lipinski definition) is 1. The first kappa shape index (κ1) is 19.2. The maximum atomic E-state index is 12.3. The molecule has 134 valence electrons. The molecule has 25 heavy (non-hydrogen) atoms. The lowest BCUT2D eigenvalue weighted by Gasteiger charge is -2.18. The minimum absolute atomic E-state index is 0.0340. The lowest BCUT2D eigenvalue weighted by atomic mass is 10.2. The molecule has 0 bridgehead atoms. The lowest BCUT2D eigenvalue weighted by Crippen LogP contribution is -2.40. The Balaban J connectivity index is 1.71. The smallest absolute Gasteiger partial charge is 0.233 e. The van der Waals surface area contributed by atoms with E-state index in [-0.39, 0.29) is 17.2 Å². The van der Waals surface area contributed by atoms with Gasteiger partial charge in [0.1, 0.15) is 18.1 Å². The van der Waals surface area contributed by atoms with Crippen LogP contribution in [0, 0.1) is 0 Å². The van der Waals surface area contributed by atoms with Crippen molar-refractivity contribution in [3.63, 3.8) is 0 Å². The topological polar surface area (TPSA) is 47.6 Å². The highest BCUT2D eigenvalue weighted by atomic mass is 32.2. The van der Waals surface area contributed by atoms with Crippen LogP contribution in [-0.4, -0.2) is 30.9 Å². The molecule has 2 atom stereocenters. The number of hydrogen-bond acceptors (Lipinski definition) is 4. The van der Waals surface area contributed by atoms with Crippen LogP contribution in [0.5, 0.6) is 11.5 Å². The molecule has 2 aromatic rings. The Morgan fingerprint density at radius 1 is 1.04 bits per heavy atom. The van der Waals surface area contributed by atoms with Crippen molar-refractivity contribution < 1.29 is 14.3 Å². The highest BCUT2D eigenvalue weighted by Gasteiger charge is 2.16. The van der Waals surface area contributed by atoms with Gasteiger partial charge in [-0.3, -0.25) is 4.79 Å². The van der Waals surface area contributed by atoms with Crippen molar-refractivity contribution >= 4 is 17.7 Å². The molecule has 0 aliphatic carbocycles. The highest BCUT2D eigenvalue weighted by molar-refractivity contribution is 7.99. The van der Waals surface area contributed by atoms with Gasteiger partial charge in [0.05, 0.1) is 18.4 Å². The van der Waals surface area contributed by atoms with Gasteiger partial charge in [0.25, 0.3) is 0 Å². The summed E-state index contributed by atoms with van der Waals surface area (Å²) in [5, 5.41) is 2.89. The lowest BCUT2D eigenvalue weighted by molar-refractivity contribution is -0.121. The molecular weight excluding hydrogens is 334 g/mol. The minimum atomic E-state index is -0.108. The van der Waals surface area contributed by atoms with Crippen LogP contribution in [0.1, 0.15) is 19.4 Å². The second kappa shape index (κ2) is 9.99. The zero-order valence-corrected chi connectivity index (χ0v) is 15.7. The summed E-state index contributed by atoms with van der Waals surface area (Å²) in [6, 6.07) is 17.5. The van der Waals surface area contributed by atoms with Gasteiger partial charge >= 0.3 is 0 Å². The van der Waals surface area contributed by atoms with Crippen LogP contribution in [0.2, 0.25) is 0 Å². The third-order valence-electron chi connectivity index (χ3n) is 3.66. The van der Waals surface area contributed by atoms with Gasteiger partial charge in [-0.2, -0.15) is 0 Å². The Hall–Kier alpha value is -2.14. The van der Waals surface area contributed by atoms with Gasteiger partial charge in [-0.25, -0.2) is 0 Å². The van der Waals surface area contributed by atoms with Gasteiger partial charge in [-0.05, 0) is 43.7 Å². The van der Waals surface area contributed by atoms with E-state index < -0.39 is 0 Å². The fourth-order valence-electron chi connectivity index (χ4n) is 2.17.